The van der Waals surface area contributed by atoms with E-state index in [1.165, 1.54) is 6.42 Å². The minimum Gasteiger partial charge on any atom is -0.383 e. The van der Waals surface area contributed by atoms with Gasteiger partial charge < -0.3 is 15.4 Å². The van der Waals surface area contributed by atoms with E-state index in [1.807, 2.05) is 0 Å². The normalized spacial score (nSPS) is 21.8. The Bertz CT molecular complexity index is 156. The first kappa shape index (κ1) is 10.5. The number of ether oxygens (including phenoxy) is 1. The van der Waals surface area contributed by atoms with E-state index in [-0.39, 0.29) is 5.91 Å². The Morgan fingerprint density at radius 2 is 2.54 bits per heavy atom. The minimum absolute atomic E-state index is 0.122. The van der Waals surface area contributed by atoms with Gasteiger partial charge in [-0.1, -0.05) is 0 Å². The molecule has 0 spiro atoms. The fourth-order valence-electron chi connectivity index (χ4n) is 1.52. The van der Waals surface area contributed by atoms with E-state index in [0.29, 0.717) is 25.6 Å². The van der Waals surface area contributed by atoms with Gasteiger partial charge in [-0.05, 0) is 19.4 Å². The third kappa shape index (κ3) is 4.24. The second-order valence-corrected chi connectivity index (χ2v) is 3.34. The molecule has 1 amide bonds. The lowest BCUT2D eigenvalue weighted by atomic mass is 10.1. The molecule has 76 valence electrons. The summed E-state index contributed by atoms with van der Waals surface area (Å²) >= 11 is 0. The zero-order valence-electron chi connectivity index (χ0n) is 8.14. The lowest BCUT2D eigenvalue weighted by Crippen LogP contribution is -2.33. The van der Waals surface area contributed by atoms with Crippen molar-refractivity contribution in [3.05, 3.63) is 0 Å². The number of nitrogens with one attached hydrogen (secondary N) is 2. The molecule has 13 heavy (non-hydrogen) atoms. The number of carbonyl (C=O) groups excluding carboxylic acids is 1. The van der Waals surface area contributed by atoms with Crippen molar-refractivity contribution in [3.63, 3.8) is 0 Å². The van der Waals surface area contributed by atoms with Gasteiger partial charge in [0.25, 0.3) is 0 Å². The number of hydrogen-bond donors (Lipinski definition) is 2. The second kappa shape index (κ2) is 5.94. The Balaban J connectivity index is 2.02. The van der Waals surface area contributed by atoms with Crippen LogP contribution in [-0.2, 0) is 9.53 Å². The molecule has 0 aliphatic carbocycles. The first-order valence-electron chi connectivity index (χ1n) is 4.82. The molecule has 0 aromatic rings. The average Bonchev–Trinajstić information content (AvgIpc) is 2.57. The molecule has 1 unspecified atom stereocenters. The molecular formula is C9H18N2O2. The van der Waals surface area contributed by atoms with E-state index in [0.717, 1.165) is 13.0 Å². The predicted octanol–water partition coefficient (Wildman–Crippen LogP) is -0.109. The van der Waals surface area contributed by atoms with Crippen molar-refractivity contribution < 1.29 is 9.53 Å². The molecule has 4 nitrogen and oxygen atoms in total. The molecule has 0 aromatic heterocycles. The van der Waals surface area contributed by atoms with Crippen LogP contribution in [0.25, 0.3) is 0 Å². The quantitative estimate of drug-likeness (QED) is 0.589. The molecule has 1 atom stereocenters. The molecule has 1 heterocycles. The summed E-state index contributed by atoms with van der Waals surface area (Å²) in [5.74, 6) is 0.122. The second-order valence-electron chi connectivity index (χ2n) is 3.34. The van der Waals surface area contributed by atoms with Crippen LogP contribution >= 0.6 is 0 Å². The number of hydrogen-bond acceptors (Lipinski definition) is 3. The van der Waals surface area contributed by atoms with Crippen molar-refractivity contribution in [2.24, 2.45) is 0 Å². The minimum atomic E-state index is 0.122. The van der Waals surface area contributed by atoms with Gasteiger partial charge in [0.15, 0.2) is 0 Å². The summed E-state index contributed by atoms with van der Waals surface area (Å²) in [6.45, 7) is 2.25. The standard InChI is InChI=1S/C9H18N2O2/c1-13-6-5-11-9(12)7-8-3-2-4-10-8/h8,10H,2-7H2,1H3,(H,11,12). The van der Waals surface area contributed by atoms with Gasteiger partial charge >= 0.3 is 0 Å². The Labute approximate surface area is 79.0 Å². The van der Waals surface area contributed by atoms with Crippen molar-refractivity contribution in [2.75, 3.05) is 26.8 Å². The molecule has 1 fully saturated rings. The van der Waals surface area contributed by atoms with Gasteiger partial charge in [-0.15, -0.1) is 0 Å². The third-order valence-corrected chi connectivity index (χ3v) is 2.22. The van der Waals surface area contributed by atoms with Crippen molar-refractivity contribution in [2.45, 2.75) is 25.3 Å². The van der Waals surface area contributed by atoms with Crippen LogP contribution in [-0.4, -0.2) is 38.8 Å². The van der Waals surface area contributed by atoms with Gasteiger partial charge in [0.1, 0.15) is 0 Å². The average molecular weight is 186 g/mol. The lowest BCUT2D eigenvalue weighted by molar-refractivity contribution is -0.121. The van der Waals surface area contributed by atoms with E-state index in [1.54, 1.807) is 7.11 Å². The molecule has 1 saturated heterocycles. The van der Waals surface area contributed by atoms with Gasteiger partial charge in [-0.3, -0.25) is 4.79 Å². The van der Waals surface area contributed by atoms with Crippen LogP contribution in [0.2, 0.25) is 0 Å². The van der Waals surface area contributed by atoms with Gasteiger partial charge in [0.05, 0.1) is 6.61 Å². The van der Waals surface area contributed by atoms with Crippen LogP contribution in [0.4, 0.5) is 0 Å². The van der Waals surface area contributed by atoms with Crippen LogP contribution in [0.1, 0.15) is 19.3 Å². The van der Waals surface area contributed by atoms with E-state index in [2.05, 4.69) is 10.6 Å². The van der Waals surface area contributed by atoms with Gasteiger partial charge in [0, 0.05) is 26.1 Å². The van der Waals surface area contributed by atoms with Crippen LogP contribution in [0, 0.1) is 0 Å². The Morgan fingerprint density at radius 3 is 3.15 bits per heavy atom. The first-order valence-corrected chi connectivity index (χ1v) is 4.82. The Kier molecular flexibility index (Phi) is 4.78. The van der Waals surface area contributed by atoms with E-state index < -0.39 is 0 Å². The number of carbonyl (C=O) groups is 1. The first-order chi connectivity index (χ1) is 6.33. The Hall–Kier alpha value is -0.610. The largest absolute Gasteiger partial charge is 0.383 e. The van der Waals surface area contributed by atoms with E-state index in [4.69, 9.17) is 4.74 Å². The highest BCUT2D eigenvalue weighted by Crippen LogP contribution is 2.07. The van der Waals surface area contributed by atoms with Crippen LogP contribution in [0.3, 0.4) is 0 Å². The van der Waals surface area contributed by atoms with E-state index >= 15 is 0 Å². The SMILES string of the molecule is COCCNC(=O)CC1CCCN1. The van der Waals surface area contributed by atoms with Gasteiger partial charge in [0.2, 0.25) is 5.91 Å². The monoisotopic (exact) mass is 186 g/mol. The molecule has 1 aliphatic heterocycles. The molecule has 0 radical (unpaired) electrons. The Morgan fingerprint density at radius 1 is 1.69 bits per heavy atom. The molecule has 0 saturated carbocycles. The molecule has 2 N–H and O–H groups in total. The summed E-state index contributed by atoms with van der Waals surface area (Å²) < 4.78 is 4.83. The van der Waals surface area contributed by atoms with Crippen molar-refractivity contribution in [1.82, 2.24) is 10.6 Å². The summed E-state index contributed by atoms with van der Waals surface area (Å²) in [4.78, 5) is 11.3. The molecule has 1 rings (SSSR count). The summed E-state index contributed by atoms with van der Waals surface area (Å²) in [7, 11) is 1.63. The highest BCUT2D eigenvalue weighted by atomic mass is 16.5. The summed E-state index contributed by atoms with van der Waals surface area (Å²) in [5.41, 5.74) is 0. The predicted molar refractivity (Wildman–Crippen MR) is 50.5 cm³/mol. The zero-order chi connectivity index (χ0) is 9.52. The summed E-state index contributed by atoms with van der Waals surface area (Å²) in [6, 6.07) is 0.391. The van der Waals surface area contributed by atoms with Crippen molar-refractivity contribution in [3.8, 4) is 0 Å². The number of methoxy groups -OCH3 is 1. The molecule has 0 aromatic carbocycles. The van der Waals surface area contributed by atoms with Crippen LogP contribution in [0.5, 0.6) is 0 Å². The van der Waals surface area contributed by atoms with Crippen LogP contribution < -0.4 is 10.6 Å². The molecule has 4 heteroatoms. The molecule has 0 bridgehead atoms. The maximum absolute atomic E-state index is 11.3. The van der Waals surface area contributed by atoms with E-state index in [9.17, 15) is 4.79 Å². The summed E-state index contributed by atoms with van der Waals surface area (Å²) in [6.07, 6.45) is 2.91. The maximum atomic E-state index is 11.3. The van der Waals surface area contributed by atoms with Gasteiger partial charge in [-0.25, -0.2) is 0 Å². The van der Waals surface area contributed by atoms with Crippen molar-refractivity contribution >= 4 is 5.91 Å². The number of rotatable bonds is 5. The van der Waals surface area contributed by atoms with Crippen molar-refractivity contribution in [1.29, 1.82) is 0 Å². The highest BCUT2D eigenvalue weighted by molar-refractivity contribution is 5.76. The van der Waals surface area contributed by atoms with Gasteiger partial charge in [-0.2, -0.15) is 0 Å². The maximum Gasteiger partial charge on any atom is 0.221 e. The third-order valence-electron chi connectivity index (χ3n) is 2.22. The fourth-order valence-corrected chi connectivity index (χ4v) is 1.52. The molecular weight excluding hydrogens is 168 g/mol. The fraction of sp³-hybridized carbons (Fsp3) is 0.889. The lowest BCUT2D eigenvalue weighted by Gasteiger charge is -2.09. The topological polar surface area (TPSA) is 50.4 Å². The van der Waals surface area contributed by atoms with Crippen LogP contribution in [0.15, 0.2) is 0 Å². The molecule has 1 aliphatic rings. The number of amides is 1. The summed E-state index contributed by atoms with van der Waals surface area (Å²) in [5, 5.41) is 6.09. The highest BCUT2D eigenvalue weighted by Gasteiger charge is 2.16. The smallest absolute Gasteiger partial charge is 0.221 e. The zero-order valence-corrected chi connectivity index (χ0v) is 8.14.